The third kappa shape index (κ3) is 5.53. The largest absolute Gasteiger partial charge is 0.481 e. The maximum atomic E-state index is 10.9. The maximum Gasteiger partial charge on any atom is 0.303 e. The average molecular weight is 311 g/mol. The second-order valence-corrected chi connectivity index (χ2v) is 6.06. The molecule has 0 spiro atoms. The molecule has 0 aliphatic rings. The first-order valence-electron chi connectivity index (χ1n) is 8.10. The maximum absolute atomic E-state index is 10.9. The zero-order chi connectivity index (χ0) is 16.7. The number of rotatable bonds is 8. The normalized spacial score (nSPS) is 12.1. The van der Waals surface area contributed by atoms with Gasteiger partial charge >= 0.3 is 5.97 Å². The summed E-state index contributed by atoms with van der Waals surface area (Å²) in [5.74, 6) is -0.739. The molecule has 0 aromatic heterocycles. The van der Waals surface area contributed by atoms with Crippen LogP contribution in [-0.4, -0.2) is 17.1 Å². The van der Waals surface area contributed by atoms with Gasteiger partial charge in [-0.25, -0.2) is 0 Å². The third-order valence-corrected chi connectivity index (χ3v) is 4.33. The topological polar surface area (TPSA) is 49.3 Å². The van der Waals surface area contributed by atoms with E-state index < -0.39 is 5.97 Å². The van der Waals surface area contributed by atoms with E-state index in [9.17, 15) is 4.79 Å². The minimum atomic E-state index is -0.739. The molecule has 3 nitrogen and oxygen atoms in total. The van der Waals surface area contributed by atoms with E-state index in [1.54, 1.807) is 0 Å². The number of nitrogens with one attached hydrogen (secondary N) is 1. The van der Waals surface area contributed by atoms with Crippen molar-refractivity contribution in [2.24, 2.45) is 0 Å². The Morgan fingerprint density at radius 1 is 1.09 bits per heavy atom. The van der Waals surface area contributed by atoms with Crippen LogP contribution in [0.15, 0.2) is 48.5 Å². The average Bonchev–Trinajstić information content (AvgIpc) is 2.54. The van der Waals surface area contributed by atoms with Crippen LogP contribution in [0, 0.1) is 13.8 Å². The molecule has 2 rings (SSSR count). The molecule has 2 aromatic rings. The van der Waals surface area contributed by atoms with Gasteiger partial charge in [-0.3, -0.25) is 4.79 Å². The summed E-state index contributed by atoms with van der Waals surface area (Å²) in [4.78, 5) is 10.9. The second-order valence-electron chi connectivity index (χ2n) is 6.06. The Labute approximate surface area is 138 Å². The van der Waals surface area contributed by atoms with E-state index in [-0.39, 0.29) is 12.5 Å². The number of aryl methyl sites for hydroxylation is 1. The number of benzene rings is 2. The fourth-order valence-electron chi connectivity index (χ4n) is 2.73. The third-order valence-electron chi connectivity index (χ3n) is 4.33. The number of hydrogen-bond donors (Lipinski definition) is 2. The van der Waals surface area contributed by atoms with E-state index in [2.05, 4.69) is 49.5 Å². The van der Waals surface area contributed by atoms with Crippen LogP contribution >= 0.6 is 0 Å². The van der Waals surface area contributed by atoms with Gasteiger partial charge in [0.05, 0.1) is 0 Å². The van der Waals surface area contributed by atoms with Gasteiger partial charge < -0.3 is 10.4 Å². The highest BCUT2D eigenvalue weighted by Crippen LogP contribution is 2.14. The van der Waals surface area contributed by atoms with Crippen LogP contribution in [0.1, 0.15) is 35.1 Å². The van der Waals surface area contributed by atoms with Crippen molar-refractivity contribution in [3.05, 3.63) is 70.8 Å². The highest BCUT2D eigenvalue weighted by molar-refractivity contribution is 5.66. The summed E-state index contributed by atoms with van der Waals surface area (Å²) in [5, 5.41) is 12.5. The molecule has 0 heterocycles. The van der Waals surface area contributed by atoms with Crippen molar-refractivity contribution >= 4 is 5.97 Å². The molecule has 0 radical (unpaired) electrons. The molecule has 0 aliphatic carbocycles. The Morgan fingerprint density at radius 2 is 1.83 bits per heavy atom. The van der Waals surface area contributed by atoms with E-state index in [0.29, 0.717) is 6.42 Å². The Bertz CT molecular complexity index is 637. The first-order chi connectivity index (χ1) is 11.1. The number of carbonyl (C=O) groups is 1. The molecule has 122 valence electrons. The fourth-order valence-corrected chi connectivity index (χ4v) is 2.73. The Hall–Kier alpha value is -2.13. The molecule has 1 atom stereocenters. The van der Waals surface area contributed by atoms with Crippen molar-refractivity contribution in [3.63, 3.8) is 0 Å². The monoisotopic (exact) mass is 311 g/mol. The highest BCUT2D eigenvalue weighted by atomic mass is 16.4. The molecule has 0 bridgehead atoms. The Kier molecular flexibility index (Phi) is 6.36. The lowest BCUT2D eigenvalue weighted by molar-refractivity contribution is -0.137. The predicted molar refractivity (Wildman–Crippen MR) is 93.6 cm³/mol. The summed E-state index contributed by atoms with van der Waals surface area (Å²) in [6, 6.07) is 16.7. The van der Waals surface area contributed by atoms with E-state index in [0.717, 1.165) is 13.0 Å². The van der Waals surface area contributed by atoms with Crippen molar-refractivity contribution in [1.82, 2.24) is 5.32 Å². The van der Waals surface area contributed by atoms with Gasteiger partial charge in [0.1, 0.15) is 0 Å². The molecule has 2 aromatic carbocycles. The zero-order valence-corrected chi connectivity index (χ0v) is 13.9. The van der Waals surface area contributed by atoms with Gasteiger partial charge in [-0.05, 0) is 48.9 Å². The number of hydrogen-bond acceptors (Lipinski definition) is 2. The van der Waals surface area contributed by atoms with Crippen LogP contribution in [0.25, 0.3) is 0 Å². The van der Waals surface area contributed by atoms with E-state index in [1.165, 1.54) is 22.3 Å². The Balaban J connectivity index is 2.01. The number of carboxylic acids is 1. The molecule has 0 aliphatic heterocycles. The van der Waals surface area contributed by atoms with Crippen molar-refractivity contribution in [2.45, 2.75) is 45.7 Å². The molecule has 0 fully saturated rings. The van der Waals surface area contributed by atoms with Gasteiger partial charge in [-0.1, -0.05) is 48.5 Å². The number of carboxylic acid groups (broad SMARTS) is 1. The van der Waals surface area contributed by atoms with Crippen molar-refractivity contribution in [1.29, 1.82) is 0 Å². The van der Waals surface area contributed by atoms with E-state index >= 15 is 0 Å². The smallest absolute Gasteiger partial charge is 0.303 e. The molecule has 0 amide bonds. The lowest BCUT2D eigenvalue weighted by Gasteiger charge is -2.19. The number of aliphatic carboxylic acids is 1. The van der Waals surface area contributed by atoms with Gasteiger partial charge in [0.25, 0.3) is 0 Å². The van der Waals surface area contributed by atoms with Gasteiger partial charge in [-0.15, -0.1) is 0 Å². The molecule has 2 N–H and O–H groups in total. The minimum Gasteiger partial charge on any atom is -0.481 e. The first kappa shape index (κ1) is 17.2. The van der Waals surface area contributed by atoms with Crippen LogP contribution in [0.5, 0.6) is 0 Å². The van der Waals surface area contributed by atoms with Gasteiger partial charge in [0.2, 0.25) is 0 Å². The Morgan fingerprint density at radius 3 is 2.52 bits per heavy atom. The molecular formula is C20H25NO2. The van der Waals surface area contributed by atoms with Crippen LogP contribution in [0.4, 0.5) is 0 Å². The minimum absolute atomic E-state index is 0.161. The van der Waals surface area contributed by atoms with Crippen molar-refractivity contribution in [2.75, 3.05) is 0 Å². The molecular weight excluding hydrogens is 286 g/mol. The molecule has 1 unspecified atom stereocenters. The summed E-state index contributed by atoms with van der Waals surface area (Å²) < 4.78 is 0. The second kappa shape index (κ2) is 8.49. The zero-order valence-electron chi connectivity index (χ0n) is 13.9. The molecule has 0 saturated heterocycles. The lowest BCUT2D eigenvalue weighted by atomic mass is 10.00. The van der Waals surface area contributed by atoms with Gasteiger partial charge in [0.15, 0.2) is 0 Å². The van der Waals surface area contributed by atoms with Crippen LogP contribution < -0.4 is 5.32 Å². The summed E-state index contributed by atoms with van der Waals surface area (Å²) >= 11 is 0. The quantitative estimate of drug-likeness (QED) is 0.778. The lowest BCUT2D eigenvalue weighted by Crippen LogP contribution is -2.31. The highest BCUT2D eigenvalue weighted by Gasteiger charge is 2.12. The summed E-state index contributed by atoms with van der Waals surface area (Å²) in [6.07, 6.45) is 1.67. The van der Waals surface area contributed by atoms with Crippen molar-refractivity contribution < 1.29 is 9.90 Å². The summed E-state index contributed by atoms with van der Waals surface area (Å²) in [5.41, 5.74) is 5.10. The van der Waals surface area contributed by atoms with E-state index in [1.807, 2.05) is 18.2 Å². The van der Waals surface area contributed by atoms with Crippen molar-refractivity contribution in [3.8, 4) is 0 Å². The standard InChI is InChI=1S/C20H25NO2/c1-15-7-6-10-18(16(15)2)14-21-19(11-12-20(22)23)13-17-8-4-3-5-9-17/h3-10,19,21H,11-14H2,1-2H3,(H,22,23). The summed E-state index contributed by atoms with van der Waals surface area (Å²) in [7, 11) is 0. The van der Waals surface area contributed by atoms with Gasteiger partial charge in [0, 0.05) is 19.0 Å². The molecule has 0 saturated carbocycles. The molecule has 3 heteroatoms. The fraction of sp³-hybridized carbons (Fsp3) is 0.350. The van der Waals surface area contributed by atoms with Gasteiger partial charge in [-0.2, -0.15) is 0 Å². The SMILES string of the molecule is Cc1cccc(CNC(CCC(=O)O)Cc2ccccc2)c1C. The summed E-state index contributed by atoms with van der Waals surface area (Å²) in [6.45, 7) is 5.02. The molecule has 23 heavy (non-hydrogen) atoms. The van der Waals surface area contributed by atoms with Crippen LogP contribution in [0.2, 0.25) is 0 Å². The van der Waals surface area contributed by atoms with E-state index in [4.69, 9.17) is 5.11 Å². The van der Waals surface area contributed by atoms with Crippen LogP contribution in [-0.2, 0) is 17.8 Å². The van der Waals surface area contributed by atoms with Crippen LogP contribution in [0.3, 0.4) is 0 Å². The predicted octanol–water partition coefficient (Wildman–Crippen LogP) is 3.87. The first-order valence-corrected chi connectivity index (χ1v) is 8.10.